The van der Waals surface area contributed by atoms with Gasteiger partial charge in [-0.1, -0.05) is 50.1 Å². The molecule has 0 bridgehead atoms. The first-order chi connectivity index (χ1) is 37.7. The van der Waals surface area contributed by atoms with Gasteiger partial charge in [0.05, 0.1) is 38.2 Å². The average molecular weight is 1150 g/mol. The molecule has 0 unspecified atom stereocenters. The van der Waals surface area contributed by atoms with Gasteiger partial charge in [-0.2, -0.15) is 9.97 Å². The summed E-state index contributed by atoms with van der Waals surface area (Å²) in [6, 6.07) is 13.7. The molecule has 0 amide bonds. The molecule has 2 atom stereocenters. The number of nitrogens with one attached hydrogen (secondary N) is 3. The minimum absolute atomic E-state index is 0. The van der Waals surface area contributed by atoms with Gasteiger partial charge in [0.2, 0.25) is 16.5 Å². The number of hydrogen-bond donors (Lipinski definition) is 6. The van der Waals surface area contributed by atoms with Crippen molar-refractivity contribution in [3.8, 4) is 0 Å². The van der Waals surface area contributed by atoms with E-state index in [-0.39, 0.29) is 35.6 Å². The van der Waals surface area contributed by atoms with Crippen molar-refractivity contribution in [3.63, 3.8) is 0 Å². The Kier molecular flexibility index (Phi) is 19.6. The second kappa shape index (κ2) is 27.1. The summed E-state index contributed by atoms with van der Waals surface area (Å²) in [6.45, 7) is 2.39. The predicted octanol–water partition coefficient (Wildman–Crippen LogP) is 9.95. The molecule has 5 fully saturated rings. The molecule has 14 rings (SSSR count). The van der Waals surface area contributed by atoms with Gasteiger partial charge in [0.15, 0.2) is 16.8 Å². The molecule has 3 saturated carbocycles. The summed E-state index contributed by atoms with van der Waals surface area (Å²) in [5, 5.41) is 41.3. The first-order valence-electron chi connectivity index (χ1n) is 26.8. The van der Waals surface area contributed by atoms with Crippen LogP contribution in [-0.2, 0) is 0 Å². The molecule has 2 aliphatic heterocycles. The number of hydrogen-bond acceptors (Lipinski definition) is 16. The topological polar surface area (TPSA) is 250 Å². The van der Waals surface area contributed by atoms with Crippen molar-refractivity contribution < 1.29 is 10.2 Å². The van der Waals surface area contributed by atoms with Crippen LogP contribution in [0.5, 0.6) is 0 Å². The van der Waals surface area contributed by atoms with Gasteiger partial charge in [-0.25, -0.2) is 33.5 Å². The molecule has 2 saturated heterocycles. The third-order valence-corrected chi connectivity index (χ3v) is 15.4. The predicted molar refractivity (Wildman–Crippen MR) is 307 cm³/mol. The van der Waals surface area contributed by atoms with Crippen molar-refractivity contribution in [2.24, 2.45) is 0 Å². The van der Waals surface area contributed by atoms with Crippen molar-refractivity contribution in [2.75, 3.05) is 47.6 Å². The fourth-order valence-corrected chi connectivity index (χ4v) is 11.4. The first kappa shape index (κ1) is 56.5. The van der Waals surface area contributed by atoms with Gasteiger partial charge < -0.3 is 50.5 Å². The SMILES string of the molecule is Cl.Clc1nc(Cl)c2cccn2n1.Clc1nc(Nc2cn(C3CCCC3)cn2)c2cccn2n1.Nc1cn(C2CCCC2)cn1.OC[C@@H]1CCCN1.OC[C@@H]1CCCN1c1nc(Nc2cn(C3CCCC3)cn2)c2cccn2n1. The monoisotopic (exact) mass is 1140 g/mol. The molecule has 9 aromatic rings. The Morgan fingerprint density at radius 1 is 0.564 bits per heavy atom. The maximum Gasteiger partial charge on any atom is 0.245 e. The summed E-state index contributed by atoms with van der Waals surface area (Å²) in [7, 11) is 0. The second-order valence-electron chi connectivity index (χ2n) is 20.0. The van der Waals surface area contributed by atoms with Crippen molar-refractivity contribution in [3.05, 3.63) is 108 Å². The van der Waals surface area contributed by atoms with E-state index in [0.29, 0.717) is 53.5 Å². The highest BCUT2D eigenvalue weighted by molar-refractivity contribution is 6.34. The summed E-state index contributed by atoms with van der Waals surface area (Å²) in [5.74, 6) is 4.27. The summed E-state index contributed by atoms with van der Waals surface area (Å²) in [4.78, 5) is 27.9. The minimum atomic E-state index is 0. The summed E-state index contributed by atoms with van der Waals surface area (Å²) in [6.07, 6.45) is 37.0. The van der Waals surface area contributed by atoms with Crippen molar-refractivity contribution in [2.45, 2.75) is 133 Å². The van der Waals surface area contributed by atoms with E-state index in [1.54, 1.807) is 15.2 Å². The number of nitrogens with zero attached hydrogens (tertiary/aromatic N) is 16. The van der Waals surface area contributed by atoms with Crippen LogP contribution in [-0.4, -0.2) is 121 Å². The van der Waals surface area contributed by atoms with Crippen LogP contribution in [0.1, 0.15) is 121 Å². The molecule has 0 spiro atoms. The molecule has 7 N–H and O–H groups in total. The largest absolute Gasteiger partial charge is 0.395 e. The van der Waals surface area contributed by atoms with Crippen LogP contribution in [0.2, 0.25) is 15.7 Å². The van der Waals surface area contributed by atoms with E-state index >= 15 is 0 Å². The average Bonchev–Trinajstić information content (AvgIpc) is 4.33. The molecule has 5 aliphatic rings. The van der Waals surface area contributed by atoms with Gasteiger partial charge in [0, 0.05) is 67.9 Å². The number of nitrogens with two attached hydrogens (primary N) is 1. The second-order valence-corrected chi connectivity index (χ2v) is 21.1. The molecular weight excluding hydrogens is 1080 g/mol. The standard InChI is InChI=1S/C19H25N7O.C14H15ClN6.C8H13N3.C6H3Cl2N3.C5H11NO.ClH/c27-12-15-7-3-9-25(15)19-22-18(16-8-4-10-26(16)23-19)21-17-11-24(13-20-17)14-5-1-2-6-14;15-14-18-13(11-6-3-7-21(11)19-14)17-12-8-20(9-16-12)10-4-1-2-5-10;9-8-5-11(6-10-8)7-3-1-2-4-7;7-5-4-2-1-3-11(4)10-6(8)9-5;7-4-5-2-1-3-6-5;/h4,8,10-11,13-15,27H,1-3,5-7,9,12H2,(H,21,22,23);3,6-10H,1-2,4-5H2,(H,17,18,19);5-7H,1-4,9H2;1-3H;5-7H,1-4H2;1H/t15-;;;;5-;/m0...0./s1. The van der Waals surface area contributed by atoms with E-state index in [1.807, 2.05) is 84.7 Å². The van der Waals surface area contributed by atoms with Crippen LogP contribution in [0.15, 0.2) is 92.6 Å². The number of aromatic nitrogens is 15. The first-order valence-corrected chi connectivity index (χ1v) is 28.0. The van der Waals surface area contributed by atoms with Crippen LogP contribution < -0.4 is 26.6 Å². The van der Waals surface area contributed by atoms with Crippen LogP contribution >= 0.6 is 47.2 Å². The number of imidazole rings is 3. The lowest BCUT2D eigenvalue weighted by atomic mass is 10.2. The van der Waals surface area contributed by atoms with Gasteiger partial charge in [0.1, 0.15) is 34.0 Å². The number of halogens is 4. The normalized spacial score (nSPS) is 18.5. The zero-order valence-corrected chi connectivity index (χ0v) is 46.4. The lowest BCUT2D eigenvalue weighted by Gasteiger charge is -2.23. The van der Waals surface area contributed by atoms with E-state index < -0.39 is 0 Å². The Labute approximate surface area is 473 Å². The minimum Gasteiger partial charge on any atom is -0.395 e. The number of anilines is 6. The quantitative estimate of drug-likeness (QED) is 0.0745. The summed E-state index contributed by atoms with van der Waals surface area (Å²) in [5.41, 5.74) is 8.06. The van der Waals surface area contributed by atoms with Crippen molar-refractivity contribution >= 4 is 98.8 Å². The molecule has 78 heavy (non-hydrogen) atoms. The van der Waals surface area contributed by atoms with Crippen LogP contribution in [0.3, 0.4) is 0 Å². The number of aliphatic hydroxyl groups excluding tert-OH is 2. The number of aliphatic hydroxyl groups is 2. The van der Waals surface area contributed by atoms with E-state index in [1.165, 1.54) is 83.5 Å². The van der Waals surface area contributed by atoms with E-state index in [4.69, 9.17) is 50.6 Å². The fourth-order valence-electron chi connectivity index (χ4n) is 10.8. The lowest BCUT2D eigenvalue weighted by Crippen LogP contribution is -2.34. The number of nitrogen functional groups attached to an aromatic ring is 1. The van der Waals surface area contributed by atoms with Gasteiger partial charge in [-0.3, -0.25) is 0 Å². The van der Waals surface area contributed by atoms with Crippen molar-refractivity contribution in [1.82, 2.24) is 77.8 Å². The van der Waals surface area contributed by atoms with Crippen LogP contribution in [0.25, 0.3) is 16.6 Å². The smallest absolute Gasteiger partial charge is 0.245 e. The maximum absolute atomic E-state index is 9.65. The fraction of sp³-hybridized carbons (Fsp3) is 0.481. The molecule has 11 heterocycles. The summed E-state index contributed by atoms with van der Waals surface area (Å²) < 4.78 is 11.7. The zero-order chi connectivity index (χ0) is 53.1. The molecule has 0 aromatic carbocycles. The van der Waals surface area contributed by atoms with Crippen LogP contribution in [0.4, 0.5) is 35.0 Å². The lowest BCUT2D eigenvalue weighted by molar-refractivity contribution is 0.255. The van der Waals surface area contributed by atoms with Crippen LogP contribution in [0, 0.1) is 0 Å². The molecular formula is C52H68Cl4N20O2. The molecule has 26 heteroatoms. The zero-order valence-electron chi connectivity index (χ0n) is 43.4. The van der Waals surface area contributed by atoms with Gasteiger partial charge in [0.25, 0.3) is 0 Å². The highest BCUT2D eigenvalue weighted by Gasteiger charge is 2.28. The Morgan fingerprint density at radius 2 is 1.06 bits per heavy atom. The molecule has 0 radical (unpaired) electrons. The Morgan fingerprint density at radius 3 is 1.56 bits per heavy atom. The third kappa shape index (κ3) is 14.1. The molecule has 3 aliphatic carbocycles. The molecule has 416 valence electrons. The van der Waals surface area contributed by atoms with E-state index in [0.717, 1.165) is 66.4 Å². The van der Waals surface area contributed by atoms with E-state index in [2.05, 4.69) is 81.0 Å². The highest BCUT2D eigenvalue weighted by atomic mass is 35.5. The maximum atomic E-state index is 9.65. The highest BCUT2D eigenvalue weighted by Crippen LogP contribution is 2.33. The van der Waals surface area contributed by atoms with Crippen molar-refractivity contribution in [1.29, 1.82) is 0 Å². The Hall–Kier alpha value is -6.27. The van der Waals surface area contributed by atoms with E-state index in [9.17, 15) is 5.11 Å². The molecule has 9 aromatic heterocycles. The number of rotatable bonds is 10. The van der Waals surface area contributed by atoms with Gasteiger partial charge in [-0.15, -0.1) is 27.7 Å². The number of fused-ring (bicyclic) bond motifs is 3. The van der Waals surface area contributed by atoms with Gasteiger partial charge >= 0.3 is 0 Å². The van der Waals surface area contributed by atoms with Gasteiger partial charge in [-0.05, 0) is 130 Å². The summed E-state index contributed by atoms with van der Waals surface area (Å²) >= 11 is 17.2. The Bertz CT molecular complexity index is 3270. The third-order valence-electron chi connectivity index (χ3n) is 14.8. The Balaban J connectivity index is 0.000000128. The molecule has 22 nitrogen and oxygen atoms in total.